The van der Waals surface area contributed by atoms with E-state index in [0.29, 0.717) is 22.7 Å². The van der Waals surface area contributed by atoms with Crippen LogP contribution in [0.4, 0.5) is 0 Å². The van der Waals surface area contributed by atoms with Gasteiger partial charge in [0.05, 0.1) is 22.8 Å². The molecule has 5 rings (SSSR count). The lowest BCUT2D eigenvalue weighted by Gasteiger charge is -2.34. The van der Waals surface area contributed by atoms with Crippen LogP contribution in [-0.4, -0.2) is 9.97 Å². The lowest BCUT2D eigenvalue weighted by molar-refractivity contribution is 0.220. The highest BCUT2D eigenvalue weighted by Gasteiger charge is 2.65. The third-order valence-corrected chi connectivity index (χ3v) is 9.11. The molecule has 0 aromatic carbocycles. The Kier molecular flexibility index (Phi) is 2.03. The third kappa shape index (κ3) is 1.05. The quantitative estimate of drug-likeness (QED) is 0.685. The SMILES string of the molecule is CC1(C)[C@@H]2CC[C@@]1(C)c1nc3c(nc12)[C@]1(C)CC[C@H]3C1(C)C. The van der Waals surface area contributed by atoms with Crippen LogP contribution in [0, 0.1) is 10.8 Å². The fourth-order valence-corrected chi connectivity index (χ4v) is 6.56. The van der Waals surface area contributed by atoms with Crippen LogP contribution in [0.3, 0.4) is 0 Å². The van der Waals surface area contributed by atoms with Gasteiger partial charge in [0.15, 0.2) is 0 Å². The summed E-state index contributed by atoms with van der Waals surface area (Å²) in [6.07, 6.45) is 5.17. The fourth-order valence-electron chi connectivity index (χ4n) is 6.56. The first-order chi connectivity index (χ1) is 10.1. The number of hydrogen-bond donors (Lipinski definition) is 0. The maximum Gasteiger partial charge on any atom is 0.0690 e. The second kappa shape index (κ2) is 3.30. The van der Waals surface area contributed by atoms with Crippen molar-refractivity contribution >= 4 is 0 Å². The Balaban J connectivity index is 1.79. The molecule has 0 N–H and O–H groups in total. The summed E-state index contributed by atoms with van der Waals surface area (Å²) in [6, 6.07) is 0. The first-order valence-electron chi connectivity index (χ1n) is 9.07. The second-order valence-electron chi connectivity index (χ2n) is 9.98. The minimum atomic E-state index is 0.238. The topological polar surface area (TPSA) is 25.8 Å². The smallest absolute Gasteiger partial charge is 0.0690 e. The van der Waals surface area contributed by atoms with Crippen LogP contribution in [0.1, 0.15) is 102 Å². The fraction of sp³-hybridized carbons (Fsp3) is 0.800. The zero-order valence-corrected chi connectivity index (χ0v) is 14.9. The Labute approximate surface area is 134 Å². The molecule has 1 aromatic heterocycles. The summed E-state index contributed by atoms with van der Waals surface area (Å²) in [6.45, 7) is 14.7. The Morgan fingerprint density at radius 3 is 1.41 bits per heavy atom. The predicted molar refractivity (Wildman–Crippen MR) is 88.2 cm³/mol. The lowest BCUT2D eigenvalue weighted by Crippen LogP contribution is -2.32. The van der Waals surface area contributed by atoms with Gasteiger partial charge in [0, 0.05) is 22.7 Å². The summed E-state index contributed by atoms with van der Waals surface area (Å²) >= 11 is 0. The van der Waals surface area contributed by atoms with Gasteiger partial charge in [-0.1, -0.05) is 41.5 Å². The van der Waals surface area contributed by atoms with Gasteiger partial charge in [-0.3, -0.25) is 9.97 Å². The monoisotopic (exact) mass is 296 g/mol. The highest BCUT2D eigenvalue weighted by molar-refractivity contribution is 5.48. The van der Waals surface area contributed by atoms with Gasteiger partial charge in [-0.05, 0) is 36.5 Å². The van der Waals surface area contributed by atoms with Crippen LogP contribution in [-0.2, 0) is 10.8 Å². The highest BCUT2D eigenvalue weighted by atomic mass is 15.0. The largest absolute Gasteiger partial charge is 0.253 e. The number of aromatic nitrogens is 2. The van der Waals surface area contributed by atoms with Crippen molar-refractivity contribution in [1.82, 2.24) is 9.97 Å². The Morgan fingerprint density at radius 2 is 1.05 bits per heavy atom. The lowest BCUT2D eigenvalue weighted by atomic mass is 9.70. The standard InChI is InChI=1S/C20H28N2/c1-17(2)11-7-9-19(17,5)15-13(11)21-16-14(22-15)12-8-10-20(16,6)18(12,3)4/h11-12H,7-10H2,1-6H3/t11-,12-,19+,20+/m1/s1. The van der Waals surface area contributed by atoms with Crippen LogP contribution in [0.5, 0.6) is 0 Å². The van der Waals surface area contributed by atoms with Crippen molar-refractivity contribution < 1.29 is 0 Å². The van der Waals surface area contributed by atoms with Gasteiger partial charge < -0.3 is 0 Å². The molecule has 4 aliphatic rings. The molecule has 22 heavy (non-hydrogen) atoms. The Bertz CT molecular complexity index is 655. The summed E-state index contributed by atoms with van der Waals surface area (Å²) < 4.78 is 0. The van der Waals surface area contributed by atoms with Crippen molar-refractivity contribution in [3.63, 3.8) is 0 Å². The molecule has 1 heterocycles. The van der Waals surface area contributed by atoms with E-state index in [-0.39, 0.29) is 10.8 Å². The predicted octanol–water partition coefficient (Wildman–Crippen LogP) is 4.83. The normalized spacial score (nSPS) is 45.2. The van der Waals surface area contributed by atoms with E-state index in [1.807, 2.05) is 0 Å². The molecule has 0 amide bonds. The van der Waals surface area contributed by atoms with Crippen molar-refractivity contribution in [3.8, 4) is 0 Å². The molecular weight excluding hydrogens is 268 g/mol. The van der Waals surface area contributed by atoms with E-state index >= 15 is 0 Å². The zero-order valence-electron chi connectivity index (χ0n) is 14.9. The average molecular weight is 296 g/mol. The highest BCUT2D eigenvalue weighted by Crippen LogP contribution is 2.70. The number of fused-ring (bicyclic) bond motifs is 10. The van der Waals surface area contributed by atoms with E-state index in [0.717, 1.165) is 0 Å². The van der Waals surface area contributed by atoms with Crippen LogP contribution >= 0.6 is 0 Å². The average Bonchev–Trinajstić information content (AvgIpc) is 2.94. The van der Waals surface area contributed by atoms with Crippen molar-refractivity contribution in [2.24, 2.45) is 10.8 Å². The molecule has 1 aromatic rings. The maximum atomic E-state index is 5.34. The molecule has 0 unspecified atom stereocenters. The van der Waals surface area contributed by atoms with E-state index in [9.17, 15) is 0 Å². The summed E-state index contributed by atoms with van der Waals surface area (Å²) in [4.78, 5) is 10.7. The summed E-state index contributed by atoms with van der Waals surface area (Å²) in [7, 11) is 0. The molecular formula is C20H28N2. The van der Waals surface area contributed by atoms with Gasteiger partial charge in [0.2, 0.25) is 0 Å². The molecule has 118 valence electrons. The molecule has 2 saturated carbocycles. The molecule has 0 radical (unpaired) electrons. The molecule has 2 nitrogen and oxygen atoms in total. The molecule has 2 fully saturated rings. The number of rotatable bonds is 0. The van der Waals surface area contributed by atoms with Gasteiger partial charge in [-0.15, -0.1) is 0 Å². The van der Waals surface area contributed by atoms with Crippen LogP contribution < -0.4 is 0 Å². The van der Waals surface area contributed by atoms with Crippen LogP contribution in [0.15, 0.2) is 0 Å². The van der Waals surface area contributed by atoms with E-state index < -0.39 is 0 Å². The van der Waals surface area contributed by atoms with Crippen molar-refractivity contribution in [2.75, 3.05) is 0 Å². The van der Waals surface area contributed by atoms with Crippen LogP contribution in [0.25, 0.3) is 0 Å². The zero-order chi connectivity index (χ0) is 15.7. The van der Waals surface area contributed by atoms with Gasteiger partial charge in [-0.2, -0.15) is 0 Å². The van der Waals surface area contributed by atoms with E-state index in [4.69, 9.17) is 9.97 Å². The molecule has 4 atom stereocenters. The molecule has 2 heteroatoms. The molecule has 0 aliphatic heterocycles. The number of hydrogen-bond acceptors (Lipinski definition) is 2. The van der Waals surface area contributed by atoms with Gasteiger partial charge in [0.1, 0.15) is 0 Å². The third-order valence-electron chi connectivity index (χ3n) is 9.11. The molecule has 0 spiro atoms. The number of nitrogens with zero attached hydrogens (tertiary/aromatic N) is 2. The van der Waals surface area contributed by atoms with Gasteiger partial charge in [-0.25, -0.2) is 0 Å². The summed E-state index contributed by atoms with van der Waals surface area (Å²) in [5, 5.41) is 0. The van der Waals surface area contributed by atoms with E-state index in [2.05, 4.69) is 41.5 Å². The first-order valence-corrected chi connectivity index (χ1v) is 9.07. The van der Waals surface area contributed by atoms with Gasteiger partial charge >= 0.3 is 0 Å². The van der Waals surface area contributed by atoms with E-state index in [1.54, 1.807) is 0 Å². The minimum absolute atomic E-state index is 0.238. The summed E-state index contributed by atoms with van der Waals surface area (Å²) in [5.41, 5.74) is 6.56. The maximum absolute atomic E-state index is 5.34. The Hall–Kier alpha value is -0.920. The molecule has 4 aliphatic carbocycles. The molecule has 0 saturated heterocycles. The van der Waals surface area contributed by atoms with Crippen molar-refractivity contribution in [3.05, 3.63) is 22.8 Å². The molecule has 4 bridgehead atoms. The first kappa shape index (κ1) is 13.5. The van der Waals surface area contributed by atoms with E-state index in [1.165, 1.54) is 48.5 Å². The van der Waals surface area contributed by atoms with Crippen LogP contribution in [0.2, 0.25) is 0 Å². The second-order valence-corrected chi connectivity index (χ2v) is 9.98. The Morgan fingerprint density at radius 1 is 0.682 bits per heavy atom. The summed E-state index contributed by atoms with van der Waals surface area (Å²) in [5.74, 6) is 1.24. The van der Waals surface area contributed by atoms with Crippen molar-refractivity contribution in [2.45, 2.75) is 89.9 Å². The van der Waals surface area contributed by atoms with Crippen molar-refractivity contribution in [1.29, 1.82) is 0 Å². The van der Waals surface area contributed by atoms with Gasteiger partial charge in [0.25, 0.3) is 0 Å². The minimum Gasteiger partial charge on any atom is -0.253 e.